The van der Waals surface area contributed by atoms with Gasteiger partial charge >= 0.3 is 0 Å². The van der Waals surface area contributed by atoms with Gasteiger partial charge in [-0.05, 0) is 49.7 Å². The molecular formula is C21H21ClN2O2. The van der Waals surface area contributed by atoms with Gasteiger partial charge in [-0.25, -0.2) is 0 Å². The van der Waals surface area contributed by atoms with E-state index in [1.54, 1.807) is 18.2 Å². The van der Waals surface area contributed by atoms with Gasteiger partial charge < -0.3 is 15.5 Å². The van der Waals surface area contributed by atoms with Crippen molar-refractivity contribution in [1.82, 2.24) is 5.32 Å². The van der Waals surface area contributed by atoms with Gasteiger partial charge in [-0.3, -0.25) is 4.79 Å². The topological polar surface area (TPSA) is 68.3 Å². The summed E-state index contributed by atoms with van der Waals surface area (Å²) in [6.45, 7) is 4.80. The molecule has 134 valence electrons. The minimum absolute atomic E-state index is 0.209. The molecule has 1 unspecified atom stereocenters. The molecule has 3 N–H and O–H groups in total. The first-order valence-corrected chi connectivity index (χ1v) is 8.80. The van der Waals surface area contributed by atoms with Crippen molar-refractivity contribution in [1.29, 1.82) is 0 Å². The maximum absolute atomic E-state index is 11.4. The number of furan rings is 1. The zero-order valence-corrected chi connectivity index (χ0v) is 15.5. The largest absolute Gasteiger partial charge is 0.460 e. The van der Waals surface area contributed by atoms with E-state index in [0.717, 1.165) is 11.3 Å². The molecule has 0 aliphatic heterocycles. The Morgan fingerprint density at radius 3 is 2.58 bits per heavy atom. The third kappa shape index (κ3) is 4.15. The lowest BCUT2D eigenvalue weighted by Crippen LogP contribution is -2.17. The first kappa shape index (κ1) is 18.2. The summed E-state index contributed by atoms with van der Waals surface area (Å²) >= 11 is 5.99. The highest BCUT2D eigenvalue weighted by molar-refractivity contribution is 6.33. The highest BCUT2D eigenvalue weighted by Gasteiger charge is 2.12. The van der Waals surface area contributed by atoms with E-state index >= 15 is 0 Å². The summed E-state index contributed by atoms with van der Waals surface area (Å²) in [5, 5.41) is 3.78. The van der Waals surface area contributed by atoms with Gasteiger partial charge in [0.1, 0.15) is 11.5 Å². The number of primary amides is 1. The Balaban J connectivity index is 1.69. The van der Waals surface area contributed by atoms with Crippen LogP contribution in [0.5, 0.6) is 0 Å². The Morgan fingerprint density at radius 1 is 1.15 bits per heavy atom. The van der Waals surface area contributed by atoms with E-state index in [1.807, 2.05) is 12.1 Å². The standard InChI is InChI=1S/C21H21ClN2O2/c1-13-3-5-15(6-4-13)14(2)24-12-17-8-10-20(26-17)16-7-9-19(22)18(11-16)21(23)25/h3-11,14,24H,12H2,1-2H3,(H2,23,25). The number of rotatable bonds is 6. The molecule has 0 radical (unpaired) electrons. The number of carbonyl (C=O) groups excluding carboxylic acids is 1. The van der Waals surface area contributed by atoms with E-state index in [1.165, 1.54) is 11.1 Å². The third-order valence-electron chi connectivity index (χ3n) is 4.34. The smallest absolute Gasteiger partial charge is 0.250 e. The van der Waals surface area contributed by atoms with Crippen LogP contribution in [0.4, 0.5) is 0 Å². The van der Waals surface area contributed by atoms with Gasteiger partial charge in [-0.1, -0.05) is 41.4 Å². The molecule has 1 amide bonds. The molecule has 5 heteroatoms. The molecule has 0 saturated carbocycles. The van der Waals surface area contributed by atoms with Crippen LogP contribution in [0.2, 0.25) is 5.02 Å². The summed E-state index contributed by atoms with van der Waals surface area (Å²) in [5.41, 5.74) is 8.87. The van der Waals surface area contributed by atoms with Crippen molar-refractivity contribution in [2.24, 2.45) is 5.73 Å². The molecule has 0 bridgehead atoms. The molecule has 3 aromatic rings. The van der Waals surface area contributed by atoms with Crippen LogP contribution >= 0.6 is 11.6 Å². The summed E-state index contributed by atoms with van der Waals surface area (Å²) in [6, 6.07) is 17.6. The van der Waals surface area contributed by atoms with Crippen LogP contribution < -0.4 is 11.1 Å². The number of amides is 1. The zero-order chi connectivity index (χ0) is 18.7. The number of hydrogen-bond donors (Lipinski definition) is 2. The van der Waals surface area contributed by atoms with Crippen molar-refractivity contribution in [2.45, 2.75) is 26.4 Å². The van der Waals surface area contributed by atoms with Crippen LogP contribution in [0.25, 0.3) is 11.3 Å². The predicted molar refractivity (Wildman–Crippen MR) is 104 cm³/mol. The van der Waals surface area contributed by atoms with Gasteiger partial charge in [0, 0.05) is 11.6 Å². The minimum Gasteiger partial charge on any atom is -0.460 e. The Morgan fingerprint density at radius 2 is 1.88 bits per heavy atom. The highest BCUT2D eigenvalue weighted by atomic mass is 35.5. The molecular weight excluding hydrogens is 348 g/mol. The molecule has 0 aliphatic carbocycles. The second kappa shape index (κ2) is 7.77. The molecule has 0 aliphatic rings. The summed E-state index contributed by atoms with van der Waals surface area (Å²) < 4.78 is 5.89. The fourth-order valence-corrected chi connectivity index (χ4v) is 2.93. The van der Waals surface area contributed by atoms with Crippen LogP contribution in [0.15, 0.2) is 59.0 Å². The number of halogens is 1. The Kier molecular flexibility index (Phi) is 5.45. The molecule has 1 heterocycles. The van der Waals surface area contributed by atoms with Crippen molar-refractivity contribution in [3.05, 3.63) is 82.1 Å². The van der Waals surface area contributed by atoms with E-state index in [-0.39, 0.29) is 11.6 Å². The van der Waals surface area contributed by atoms with Crippen molar-refractivity contribution < 1.29 is 9.21 Å². The van der Waals surface area contributed by atoms with Crippen LogP contribution in [0, 0.1) is 6.92 Å². The fraction of sp³-hybridized carbons (Fsp3) is 0.190. The SMILES string of the molecule is Cc1ccc(C(C)NCc2ccc(-c3ccc(Cl)c(C(N)=O)c3)o2)cc1. The molecule has 3 rings (SSSR count). The number of carbonyl (C=O) groups is 1. The summed E-state index contributed by atoms with van der Waals surface area (Å²) in [5.74, 6) is 0.927. The van der Waals surface area contributed by atoms with E-state index in [9.17, 15) is 4.79 Å². The molecule has 4 nitrogen and oxygen atoms in total. The summed E-state index contributed by atoms with van der Waals surface area (Å²) in [7, 11) is 0. The number of aryl methyl sites for hydroxylation is 1. The molecule has 1 aromatic heterocycles. The first-order valence-electron chi connectivity index (χ1n) is 8.42. The maximum atomic E-state index is 11.4. The lowest BCUT2D eigenvalue weighted by atomic mass is 10.1. The van der Waals surface area contributed by atoms with E-state index in [0.29, 0.717) is 17.3 Å². The fourth-order valence-electron chi connectivity index (χ4n) is 2.72. The van der Waals surface area contributed by atoms with Gasteiger partial charge in [-0.15, -0.1) is 0 Å². The summed E-state index contributed by atoms with van der Waals surface area (Å²) in [4.78, 5) is 11.4. The average molecular weight is 369 g/mol. The predicted octanol–water partition coefficient (Wildman–Crippen LogP) is 4.86. The Labute approximate surface area is 158 Å². The molecule has 0 saturated heterocycles. The van der Waals surface area contributed by atoms with Gasteiger partial charge in [0.25, 0.3) is 0 Å². The van der Waals surface area contributed by atoms with Crippen LogP contribution in [-0.4, -0.2) is 5.91 Å². The molecule has 1 atom stereocenters. The molecule has 0 spiro atoms. The van der Waals surface area contributed by atoms with Gasteiger partial charge in [0.05, 0.1) is 17.1 Å². The molecule has 26 heavy (non-hydrogen) atoms. The monoisotopic (exact) mass is 368 g/mol. The van der Waals surface area contributed by atoms with E-state index < -0.39 is 5.91 Å². The van der Waals surface area contributed by atoms with Crippen molar-refractivity contribution in [3.8, 4) is 11.3 Å². The second-order valence-electron chi connectivity index (χ2n) is 6.34. The van der Waals surface area contributed by atoms with Crippen LogP contribution in [-0.2, 0) is 6.54 Å². The lowest BCUT2D eigenvalue weighted by molar-refractivity contribution is 0.100. The van der Waals surface area contributed by atoms with Crippen molar-refractivity contribution in [2.75, 3.05) is 0 Å². The van der Waals surface area contributed by atoms with Crippen molar-refractivity contribution >= 4 is 17.5 Å². The van der Waals surface area contributed by atoms with Crippen molar-refractivity contribution in [3.63, 3.8) is 0 Å². The Bertz CT molecular complexity index is 916. The highest BCUT2D eigenvalue weighted by Crippen LogP contribution is 2.27. The van der Waals surface area contributed by atoms with Crippen LogP contribution in [0.3, 0.4) is 0 Å². The van der Waals surface area contributed by atoms with E-state index in [2.05, 4.69) is 43.4 Å². The Hall–Kier alpha value is -2.56. The number of benzene rings is 2. The number of nitrogens with two attached hydrogens (primary N) is 1. The first-order chi connectivity index (χ1) is 12.4. The third-order valence-corrected chi connectivity index (χ3v) is 4.67. The maximum Gasteiger partial charge on any atom is 0.250 e. The average Bonchev–Trinajstić information content (AvgIpc) is 3.09. The van der Waals surface area contributed by atoms with Gasteiger partial charge in [-0.2, -0.15) is 0 Å². The number of hydrogen-bond acceptors (Lipinski definition) is 3. The van der Waals surface area contributed by atoms with E-state index in [4.69, 9.17) is 21.8 Å². The van der Waals surface area contributed by atoms with Gasteiger partial charge in [0.15, 0.2) is 0 Å². The number of nitrogens with one attached hydrogen (secondary N) is 1. The zero-order valence-electron chi connectivity index (χ0n) is 14.8. The summed E-state index contributed by atoms with van der Waals surface area (Å²) in [6.07, 6.45) is 0. The molecule has 0 fully saturated rings. The van der Waals surface area contributed by atoms with Crippen LogP contribution in [0.1, 0.15) is 40.2 Å². The van der Waals surface area contributed by atoms with Gasteiger partial charge in [0.2, 0.25) is 5.91 Å². The quantitative estimate of drug-likeness (QED) is 0.653. The second-order valence-corrected chi connectivity index (χ2v) is 6.75. The normalized spacial score (nSPS) is 12.1. The molecule has 2 aromatic carbocycles. The minimum atomic E-state index is -0.558. The lowest BCUT2D eigenvalue weighted by Gasteiger charge is -2.13.